The maximum atomic E-state index is 12.8. The molecule has 2 aliphatic rings. The third-order valence-corrected chi connectivity index (χ3v) is 5.87. The fraction of sp³-hybridized carbons (Fsp3) is 0.190. The minimum atomic E-state index is -2.85. The molecule has 4 rings (SSSR count). The highest BCUT2D eigenvalue weighted by molar-refractivity contribution is 7.99. The molecule has 2 aliphatic heterocycles. The van der Waals surface area contributed by atoms with E-state index >= 15 is 0 Å². The van der Waals surface area contributed by atoms with E-state index in [-0.39, 0.29) is 0 Å². The Labute approximate surface area is 164 Å². The van der Waals surface area contributed by atoms with Crippen LogP contribution in [0, 0.1) is 12.8 Å². The lowest BCUT2D eigenvalue weighted by atomic mass is 9.95. The van der Waals surface area contributed by atoms with Gasteiger partial charge in [-0.2, -0.15) is 0 Å². The summed E-state index contributed by atoms with van der Waals surface area (Å²) in [5.74, 6) is -2.65. The molecule has 0 aromatic heterocycles. The van der Waals surface area contributed by atoms with Crippen molar-refractivity contribution in [2.75, 3.05) is 0 Å². The summed E-state index contributed by atoms with van der Waals surface area (Å²) >= 11 is 1.62. The van der Waals surface area contributed by atoms with Gasteiger partial charge in [-0.05, 0) is 36.3 Å². The molecule has 2 unspecified atom stereocenters. The molecule has 0 aliphatic carbocycles. The Morgan fingerprint density at radius 3 is 2.64 bits per heavy atom. The third-order valence-electron chi connectivity index (χ3n) is 4.68. The number of alkyl halides is 2. The van der Waals surface area contributed by atoms with Gasteiger partial charge in [-0.3, -0.25) is 9.59 Å². The average Bonchev–Trinajstić information content (AvgIpc) is 2.68. The Kier molecular flexibility index (Phi) is 4.85. The molecule has 2 amide bonds. The van der Waals surface area contributed by atoms with E-state index in [1.54, 1.807) is 11.8 Å². The number of carbonyl (C=O) groups is 2. The molecule has 0 saturated heterocycles. The summed E-state index contributed by atoms with van der Waals surface area (Å²) in [6.07, 6.45) is -0.618. The van der Waals surface area contributed by atoms with E-state index in [0.29, 0.717) is 0 Å². The quantitative estimate of drug-likeness (QED) is 0.793. The van der Waals surface area contributed by atoms with Gasteiger partial charge in [0.1, 0.15) is 11.6 Å². The lowest BCUT2D eigenvalue weighted by molar-refractivity contribution is -0.131. The van der Waals surface area contributed by atoms with Crippen LogP contribution in [0.15, 0.2) is 69.4 Å². The molecule has 2 aromatic rings. The Morgan fingerprint density at radius 2 is 1.89 bits per heavy atom. The maximum Gasteiger partial charge on any atom is 0.280 e. The van der Waals surface area contributed by atoms with Crippen molar-refractivity contribution in [3.05, 3.63) is 71.3 Å². The number of nitrogens with one attached hydrogen (secondary N) is 1. The number of allylic oxidation sites excluding steroid dienone is 1. The van der Waals surface area contributed by atoms with Gasteiger partial charge in [0.15, 0.2) is 0 Å². The molecule has 2 heterocycles. The van der Waals surface area contributed by atoms with E-state index in [9.17, 15) is 18.4 Å². The van der Waals surface area contributed by atoms with E-state index in [0.717, 1.165) is 32.6 Å². The lowest BCUT2D eigenvalue weighted by Gasteiger charge is -2.29. The van der Waals surface area contributed by atoms with Crippen LogP contribution in [0.1, 0.15) is 22.7 Å². The van der Waals surface area contributed by atoms with Gasteiger partial charge in [-0.25, -0.2) is 13.8 Å². The molecule has 1 N–H and O–H groups in total. The van der Waals surface area contributed by atoms with Gasteiger partial charge in [0.2, 0.25) is 5.91 Å². The second-order valence-electron chi connectivity index (χ2n) is 6.64. The number of hydrogen-bond acceptors (Lipinski definition) is 3. The molecule has 0 radical (unpaired) electrons. The van der Waals surface area contributed by atoms with Crippen LogP contribution in [-0.4, -0.2) is 24.0 Å². The molecule has 0 fully saturated rings. The number of halogens is 2. The minimum Gasteiger partial charge on any atom is -0.344 e. The molecule has 0 bridgehead atoms. The lowest BCUT2D eigenvalue weighted by Crippen LogP contribution is -2.39. The van der Waals surface area contributed by atoms with Gasteiger partial charge < -0.3 is 5.32 Å². The number of aliphatic imine (C=N–C) groups is 1. The zero-order valence-electron chi connectivity index (χ0n) is 14.9. The van der Waals surface area contributed by atoms with Crippen molar-refractivity contribution in [1.82, 2.24) is 5.32 Å². The van der Waals surface area contributed by atoms with E-state index in [2.05, 4.69) is 10.3 Å². The number of rotatable bonds is 3. The summed E-state index contributed by atoms with van der Waals surface area (Å²) in [5.41, 5.74) is 2.32. The summed E-state index contributed by atoms with van der Waals surface area (Å²) < 4.78 is 25.5. The molecule has 0 saturated carbocycles. The van der Waals surface area contributed by atoms with Gasteiger partial charge in [-0.15, -0.1) is 0 Å². The number of amides is 2. The standard InChI is InChI=1S/C21H16F2N2O2S/c1-11-6-9-17-14(10-11)18(12-4-2-3-5-16(12)28-17)25-21(27)13-7-8-15(19(22)23)24-20(13)26/h2-10,13,18-19H,1H3,(H,25,27). The van der Waals surface area contributed by atoms with Gasteiger partial charge in [-0.1, -0.05) is 53.7 Å². The van der Waals surface area contributed by atoms with Gasteiger partial charge in [0, 0.05) is 9.79 Å². The van der Waals surface area contributed by atoms with Crippen LogP contribution < -0.4 is 5.32 Å². The Hall–Kier alpha value is -2.80. The van der Waals surface area contributed by atoms with Crippen molar-refractivity contribution in [2.45, 2.75) is 29.2 Å². The summed E-state index contributed by atoms with van der Waals surface area (Å²) in [4.78, 5) is 30.3. The van der Waals surface area contributed by atoms with Crippen molar-refractivity contribution in [3.63, 3.8) is 0 Å². The van der Waals surface area contributed by atoms with Crippen LogP contribution in [0.2, 0.25) is 0 Å². The molecule has 2 aromatic carbocycles. The molecule has 4 nitrogen and oxygen atoms in total. The fourth-order valence-electron chi connectivity index (χ4n) is 3.30. The van der Waals surface area contributed by atoms with Crippen molar-refractivity contribution in [3.8, 4) is 0 Å². The minimum absolute atomic E-state index is 0.429. The molecule has 142 valence electrons. The second kappa shape index (κ2) is 7.31. The van der Waals surface area contributed by atoms with E-state index in [1.165, 1.54) is 6.08 Å². The molecular weight excluding hydrogens is 382 g/mol. The number of benzene rings is 2. The average molecular weight is 398 g/mol. The Balaban J connectivity index is 1.65. The predicted molar refractivity (Wildman–Crippen MR) is 103 cm³/mol. The van der Waals surface area contributed by atoms with E-state index in [1.807, 2.05) is 49.4 Å². The largest absolute Gasteiger partial charge is 0.344 e. The predicted octanol–water partition coefficient (Wildman–Crippen LogP) is 4.08. The highest BCUT2D eigenvalue weighted by Gasteiger charge is 2.33. The van der Waals surface area contributed by atoms with Gasteiger partial charge in [0.05, 0.1) is 6.04 Å². The van der Waals surface area contributed by atoms with Crippen LogP contribution in [0.3, 0.4) is 0 Å². The van der Waals surface area contributed by atoms with Gasteiger partial charge >= 0.3 is 0 Å². The smallest absolute Gasteiger partial charge is 0.280 e. The number of fused-ring (bicyclic) bond motifs is 2. The first-order chi connectivity index (χ1) is 13.4. The van der Waals surface area contributed by atoms with Crippen LogP contribution in [0.5, 0.6) is 0 Å². The summed E-state index contributed by atoms with van der Waals surface area (Å²) in [6, 6.07) is 13.3. The first-order valence-electron chi connectivity index (χ1n) is 8.70. The first kappa shape index (κ1) is 18.6. The van der Waals surface area contributed by atoms with Crippen molar-refractivity contribution >= 4 is 29.3 Å². The number of hydrogen-bond donors (Lipinski definition) is 1. The van der Waals surface area contributed by atoms with E-state index < -0.39 is 35.9 Å². The van der Waals surface area contributed by atoms with Crippen LogP contribution in [0.4, 0.5) is 8.78 Å². The molecular formula is C21H16F2N2O2S. The first-order valence-corrected chi connectivity index (χ1v) is 9.52. The molecule has 7 heteroatoms. The SMILES string of the molecule is Cc1ccc2c(c1)C(NC(=O)C1C=CC(C(F)F)=NC1=O)c1ccccc1S2. The normalized spacial score (nSPS) is 20.4. The summed E-state index contributed by atoms with van der Waals surface area (Å²) in [5, 5.41) is 2.92. The highest BCUT2D eigenvalue weighted by atomic mass is 32.2. The zero-order chi connectivity index (χ0) is 19.8. The number of dihydropyridines is 1. The molecule has 2 atom stereocenters. The van der Waals surface area contributed by atoms with Crippen molar-refractivity contribution in [1.29, 1.82) is 0 Å². The Bertz CT molecular complexity index is 1030. The maximum absolute atomic E-state index is 12.8. The molecule has 28 heavy (non-hydrogen) atoms. The third kappa shape index (κ3) is 3.38. The zero-order valence-corrected chi connectivity index (χ0v) is 15.7. The second-order valence-corrected chi connectivity index (χ2v) is 7.72. The summed E-state index contributed by atoms with van der Waals surface area (Å²) in [6.45, 7) is 1.97. The molecule has 0 spiro atoms. The van der Waals surface area contributed by atoms with E-state index in [4.69, 9.17) is 0 Å². The highest BCUT2D eigenvalue weighted by Crippen LogP contribution is 2.45. The van der Waals surface area contributed by atoms with Crippen LogP contribution in [0.25, 0.3) is 0 Å². The summed E-state index contributed by atoms with van der Waals surface area (Å²) in [7, 11) is 0. The van der Waals surface area contributed by atoms with Crippen LogP contribution >= 0.6 is 11.8 Å². The van der Waals surface area contributed by atoms with Crippen molar-refractivity contribution in [2.24, 2.45) is 10.9 Å². The fourth-order valence-corrected chi connectivity index (χ4v) is 4.42. The topological polar surface area (TPSA) is 58.5 Å². The van der Waals surface area contributed by atoms with Crippen molar-refractivity contribution < 1.29 is 18.4 Å². The number of carbonyl (C=O) groups excluding carboxylic acids is 2. The monoisotopic (exact) mass is 398 g/mol. The van der Waals surface area contributed by atoms with Gasteiger partial charge in [0.25, 0.3) is 12.3 Å². The number of aryl methyl sites for hydroxylation is 1. The Morgan fingerprint density at radius 1 is 1.14 bits per heavy atom. The number of nitrogens with zero attached hydrogens (tertiary/aromatic N) is 1. The van der Waals surface area contributed by atoms with Crippen LogP contribution in [-0.2, 0) is 9.59 Å².